The quantitative estimate of drug-likeness (QED) is 0.594. The largest absolute Gasteiger partial charge is 0.271 e. The standard InChI is InChI=1S/C11H14F2N6/c1-19-17-11(16-18-19)6-7(15-14)5-8-9(12)3-2-4-10(8)13/h2-4,7,15H,5-6,14H2,1H3. The first kappa shape index (κ1) is 13.5. The van der Waals surface area contributed by atoms with Crippen molar-refractivity contribution in [2.45, 2.75) is 18.9 Å². The lowest BCUT2D eigenvalue weighted by atomic mass is 10.0. The van der Waals surface area contributed by atoms with Gasteiger partial charge in [-0.1, -0.05) is 6.07 Å². The molecular formula is C11H14F2N6. The predicted octanol–water partition coefficient (Wildman–Crippen LogP) is 0.105. The van der Waals surface area contributed by atoms with Gasteiger partial charge >= 0.3 is 0 Å². The number of tetrazole rings is 1. The van der Waals surface area contributed by atoms with Gasteiger partial charge in [-0.15, -0.1) is 10.2 Å². The summed E-state index contributed by atoms with van der Waals surface area (Å²) in [6, 6.07) is 3.37. The van der Waals surface area contributed by atoms with Crippen LogP contribution in [0, 0.1) is 11.6 Å². The van der Waals surface area contributed by atoms with E-state index in [0.717, 1.165) is 0 Å². The number of aromatic nitrogens is 4. The highest BCUT2D eigenvalue weighted by Crippen LogP contribution is 2.15. The number of benzene rings is 1. The van der Waals surface area contributed by atoms with Crippen molar-refractivity contribution < 1.29 is 8.78 Å². The van der Waals surface area contributed by atoms with Crippen molar-refractivity contribution >= 4 is 0 Å². The van der Waals surface area contributed by atoms with E-state index in [9.17, 15) is 8.78 Å². The molecule has 0 radical (unpaired) electrons. The maximum Gasteiger partial charge on any atom is 0.176 e. The molecule has 1 aromatic heterocycles. The highest BCUT2D eigenvalue weighted by molar-refractivity contribution is 5.21. The third kappa shape index (κ3) is 3.30. The number of nitrogens with one attached hydrogen (secondary N) is 1. The predicted molar refractivity (Wildman–Crippen MR) is 63.7 cm³/mol. The molecule has 1 aromatic carbocycles. The maximum atomic E-state index is 13.5. The number of aryl methyl sites for hydroxylation is 1. The normalized spacial score (nSPS) is 12.6. The molecular weight excluding hydrogens is 254 g/mol. The van der Waals surface area contributed by atoms with E-state index in [1.807, 2.05) is 0 Å². The molecule has 2 aromatic rings. The molecule has 1 atom stereocenters. The van der Waals surface area contributed by atoms with Crippen molar-refractivity contribution in [3.05, 3.63) is 41.2 Å². The van der Waals surface area contributed by atoms with Gasteiger partial charge in [-0.2, -0.15) is 4.80 Å². The molecule has 8 heteroatoms. The van der Waals surface area contributed by atoms with Crippen molar-refractivity contribution in [2.24, 2.45) is 12.9 Å². The maximum absolute atomic E-state index is 13.5. The number of nitrogens with zero attached hydrogens (tertiary/aromatic N) is 4. The van der Waals surface area contributed by atoms with Gasteiger partial charge in [-0.25, -0.2) is 8.78 Å². The highest BCUT2D eigenvalue weighted by Gasteiger charge is 2.17. The molecule has 0 aliphatic heterocycles. The Hall–Kier alpha value is -1.93. The van der Waals surface area contributed by atoms with Gasteiger partial charge < -0.3 is 0 Å². The Kier molecular flexibility index (Phi) is 4.13. The second-order valence-corrected chi connectivity index (χ2v) is 4.17. The summed E-state index contributed by atoms with van der Waals surface area (Å²) < 4.78 is 27.1. The van der Waals surface area contributed by atoms with Crippen molar-refractivity contribution in [1.82, 2.24) is 25.6 Å². The number of hydrogen-bond donors (Lipinski definition) is 2. The Morgan fingerprint density at radius 1 is 1.32 bits per heavy atom. The van der Waals surface area contributed by atoms with E-state index >= 15 is 0 Å². The van der Waals surface area contributed by atoms with Gasteiger partial charge in [-0.3, -0.25) is 11.3 Å². The Morgan fingerprint density at radius 2 is 2.00 bits per heavy atom. The average molecular weight is 268 g/mol. The topological polar surface area (TPSA) is 81.7 Å². The zero-order valence-corrected chi connectivity index (χ0v) is 10.3. The summed E-state index contributed by atoms with van der Waals surface area (Å²) in [6.07, 6.45) is 0.436. The minimum Gasteiger partial charge on any atom is -0.271 e. The number of hydrazine groups is 1. The highest BCUT2D eigenvalue weighted by atomic mass is 19.1. The number of hydrogen-bond acceptors (Lipinski definition) is 5. The third-order valence-electron chi connectivity index (χ3n) is 2.73. The first-order chi connectivity index (χ1) is 9.10. The number of rotatable bonds is 5. The van der Waals surface area contributed by atoms with Crippen molar-refractivity contribution in [3.8, 4) is 0 Å². The zero-order chi connectivity index (χ0) is 13.8. The van der Waals surface area contributed by atoms with Gasteiger partial charge in [0.05, 0.1) is 7.05 Å². The van der Waals surface area contributed by atoms with Crippen LogP contribution in [0.2, 0.25) is 0 Å². The Labute approximate surface area is 108 Å². The van der Waals surface area contributed by atoms with Crippen molar-refractivity contribution in [2.75, 3.05) is 0 Å². The lowest BCUT2D eigenvalue weighted by Gasteiger charge is -2.14. The van der Waals surface area contributed by atoms with Crippen LogP contribution in [0.4, 0.5) is 8.78 Å². The summed E-state index contributed by atoms with van der Waals surface area (Å²) in [5.41, 5.74) is 2.51. The molecule has 0 aliphatic rings. The molecule has 0 spiro atoms. The molecule has 6 nitrogen and oxygen atoms in total. The fourth-order valence-corrected chi connectivity index (χ4v) is 1.79. The van der Waals surface area contributed by atoms with Crippen molar-refractivity contribution in [3.63, 3.8) is 0 Å². The van der Waals surface area contributed by atoms with E-state index in [2.05, 4.69) is 20.8 Å². The fraction of sp³-hybridized carbons (Fsp3) is 0.364. The molecule has 0 amide bonds. The van der Waals surface area contributed by atoms with Crippen LogP contribution < -0.4 is 11.3 Å². The van der Waals surface area contributed by atoms with Crippen LogP contribution in [0.25, 0.3) is 0 Å². The number of nitrogens with two attached hydrogens (primary N) is 1. The van der Waals surface area contributed by atoms with Gasteiger partial charge in [0.25, 0.3) is 0 Å². The summed E-state index contributed by atoms with van der Waals surface area (Å²) in [5, 5.41) is 11.5. The monoisotopic (exact) mass is 268 g/mol. The summed E-state index contributed by atoms with van der Waals surface area (Å²) in [5.74, 6) is 4.68. The first-order valence-corrected chi connectivity index (χ1v) is 5.72. The van der Waals surface area contributed by atoms with Crippen LogP contribution in [0.1, 0.15) is 11.4 Å². The van der Waals surface area contributed by atoms with Crippen LogP contribution >= 0.6 is 0 Å². The Bertz CT molecular complexity index is 536. The van der Waals surface area contributed by atoms with Crippen LogP contribution in [-0.4, -0.2) is 26.2 Å². The average Bonchev–Trinajstić information content (AvgIpc) is 2.78. The summed E-state index contributed by atoms with van der Waals surface area (Å²) >= 11 is 0. The van der Waals surface area contributed by atoms with E-state index in [-0.39, 0.29) is 18.0 Å². The number of halogens is 2. The lowest BCUT2D eigenvalue weighted by Crippen LogP contribution is -2.39. The molecule has 0 saturated carbocycles. The van der Waals surface area contributed by atoms with Crippen LogP contribution in [0.5, 0.6) is 0 Å². The molecule has 0 fully saturated rings. The second-order valence-electron chi connectivity index (χ2n) is 4.17. The molecule has 1 heterocycles. The summed E-state index contributed by atoms with van der Waals surface area (Å²) in [7, 11) is 1.64. The molecule has 0 aliphatic carbocycles. The summed E-state index contributed by atoms with van der Waals surface area (Å²) in [4.78, 5) is 1.31. The van der Waals surface area contributed by atoms with Gasteiger partial charge in [0, 0.05) is 18.0 Å². The Morgan fingerprint density at radius 3 is 2.53 bits per heavy atom. The fourth-order valence-electron chi connectivity index (χ4n) is 1.79. The first-order valence-electron chi connectivity index (χ1n) is 5.72. The minimum atomic E-state index is -0.590. The molecule has 0 bridgehead atoms. The van der Waals surface area contributed by atoms with E-state index in [0.29, 0.717) is 12.2 Å². The lowest BCUT2D eigenvalue weighted by molar-refractivity contribution is 0.477. The van der Waals surface area contributed by atoms with E-state index < -0.39 is 11.6 Å². The van der Waals surface area contributed by atoms with E-state index in [1.165, 1.54) is 23.0 Å². The molecule has 1 unspecified atom stereocenters. The third-order valence-corrected chi connectivity index (χ3v) is 2.73. The zero-order valence-electron chi connectivity index (χ0n) is 10.3. The smallest absolute Gasteiger partial charge is 0.176 e. The molecule has 102 valence electrons. The SMILES string of the molecule is Cn1nnc(CC(Cc2c(F)cccc2F)NN)n1. The van der Waals surface area contributed by atoms with Gasteiger partial charge in [0.1, 0.15) is 11.6 Å². The van der Waals surface area contributed by atoms with Crippen LogP contribution in [0.3, 0.4) is 0 Å². The van der Waals surface area contributed by atoms with Gasteiger partial charge in [-0.05, 0) is 23.8 Å². The molecule has 19 heavy (non-hydrogen) atoms. The van der Waals surface area contributed by atoms with Crippen LogP contribution in [-0.2, 0) is 19.9 Å². The molecule has 0 saturated heterocycles. The van der Waals surface area contributed by atoms with Gasteiger partial charge in [0.2, 0.25) is 0 Å². The van der Waals surface area contributed by atoms with Crippen LogP contribution in [0.15, 0.2) is 18.2 Å². The minimum absolute atomic E-state index is 0.00524. The van der Waals surface area contributed by atoms with E-state index in [1.54, 1.807) is 7.05 Å². The molecule has 3 N–H and O–H groups in total. The second kappa shape index (κ2) is 5.81. The van der Waals surface area contributed by atoms with E-state index in [4.69, 9.17) is 5.84 Å². The summed E-state index contributed by atoms with van der Waals surface area (Å²) in [6.45, 7) is 0. The Balaban J connectivity index is 2.11. The van der Waals surface area contributed by atoms with Crippen molar-refractivity contribution in [1.29, 1.82) is 0 Å². The molecule has 2 rings (SSSR count). The van der Waals surface area contributed by atoms with Gasteiger partial charge in [0.15, 0.2) is 5.82 Å².